The molecule has 154 valence electrons. The van der Waals surface area contributed by atoms with Gasteiger partial charge in [-0.2, -0.15) is 13.2 Å². The van der Waals surface area contributed by atoms with Gasteiger partial charge >= 0.3 is 5.51 Å². The van der Waals surface area contributed by atoms with E-state index in [9.17, 15) is 17.6 Å². The standard InChI is InChI=1S/C19H17FP.CHF3O3S/c20-16-21(17-10-4-1-5-11-17,18-12-6-2-7-13-18)19-14-8-3-9-15-19;2-1(3,4)8(5,6)7/h1-15H,16H2;(H,5,6,7)/q+1;/p-1. The van der Waals surface area contributed by atoms with Gasteiger partial charge in [0, 0.05) is 0 Å². The monoisotopic (exact) mass is 444 g/mol. The molecule has 0 aliphatic heterocycles. The van der Waals surface area contributed by atoms with Crippen LogP contribution in [0.1, 0.15) is 0 Å². The van der Waals surface area contributed by atoms with Crippen LogP contribution >= 0.6 is 7.26 Å². The first-order valence-electron chi connectivity index (χ1n) is 8.26. The SMILES string of the molecule is FC[P+](c1ccccc1)(c1ccccc1)c1ccccc1.O=S(=O)([O-])C(F)(F)F. The van der Waals surface area contributed by atoms with Crippen LogP contribution in [0.15, 0.2) is 91.0 Å². The van der Waals surface area contributed by atoms with Gasteiger partial charge in [-0.1, -0.05) is 54.6 Å². The summed E-state index contributed by atoms with van der Waals surface area (Å²) in [5.74, 6) is 0. The Balaban J connectivity index is 0.000000321. The molecule has 0 fully saturated rings. The number of hydrogen-bond acceptors (Lipinski definition) is 3. The van der Waals surface area contributed by atoms with E-state index in [-0.39, 0.29) is 6.42 Å². The summed E-state index contributed by atoms with van der Waals surface area (Å²) in [5.41, 5.74) is -5.65. The lowest BCUT2D eigenvalue weighted by Gasteiger charge is -2.24. The fraction of sp³-hybridized carbons (Fsp3) is 0.100. The molecule has 3 aromatic rings. The van der Waals surface area contributed by atoms with Gasteiger partial charge in [0.15, 0.2) is 10.1 Å². The summed E-state index contributed by atoms with van der Waals surface area (Å²) in [6, 6.07) is 30.2. The summed E-state index contributed by atoms with van der Waals surface area (Å²) in [7, 11) is -8.29. The third kappa shape index (κ3) is 5.41. The van der Waals surface area contributed by atoms with Crippen molar-refractivity contribution in [1.29, 1.82) is 0 Å². The van der Waals surface area contributed by atoms with Crippen molar-refractivity contribution >= 4 is 33.3 Å². The molecular weight excluding hydrogens is 427 g/mol. The van der Waals surface area contributed by atoms with Crippen LogP contribution in [0, 0.1) is 0 Å². The molecule has 0 aromatic heterocycles. The van der Waals surface area contributed by atoms with Crippen molar-refractivity contribution in [1.82, 2.24) is 0 Å². The van der Waals surface area contributed by atoms with Gasteiger partial charge in [0.2, 0.25) is 6.42 Å². The van der Waals surface area contributed by atoms with E-state index in [1.54, 1.807) is 0 Å². The van der Waals surface area contributed by atoms with Crippen molar-refractivity contribution < 1.29 is 30.5 Å². The van der Waals surface area contributed by atoms with E-state index < -0.39 is 22.9 Å². The predicted octanol–water partition coefficient (Wildman–Crippen LogP) is 3.96. The second kappa shape index (κ2) is 9.48. The number of halogens is 4. The maximum Gasteiger partial charge on any atom is 0.485 e. The Morgan fingerprint density at radius 1 is 0.690 bits per heavy atom. The minimum atomic E-state index is -6.09. The third-order valence-corrected chi connectivity index (χ3v) is 8.52. The number of rotatable bonds is 4. The summed E-state index contributed by atoms with van der Waals surface area (Å²) >= 11 is 0. The van der Waals surface area contributed by atoms with Crippen LogP contribution in [0.3, 0.4) is 0 Å². The molecule has 3 nitrogen and oxygen atoms in total. The van der Waals surface area contributed by atoms with Gasteiger partial charge in [-0.3, -0.25) is 0 Å². The molecule has 0 N–H and O–H groups in total. The summed E-state index contributed by atoms with van der Waals surface area (Å²) in [6.45, 7) is 0. The van der Waals surface area contributed by atoms with Crippen molar-refractivity contribution in [3.05, 3.63) is 91.0 Å². The quantitative estimate of drug-likeness (QED) is 0.265. The normalized spacial score (nSPS) is 12.0. The average molecular weight is 444 g/mol. The van der Waals surface area contributed by atoms with Gasteiger partial charge in [0.05, 0.1) is 0 Å². The zero-order valence-electron chi connectivity index (χ0n) is 15.0. The lowest BCUT2D eigenvalue weighted by Crippen LogP contribution is -2.32. The molecule has 3 rings (SSSR count). The largest absolute Gasteiger partial charge is 0.741 e. The average Bonchev–Trinajstić information content (AvgIpc) is 2.71. The Hall–Kier alpha value is -2.28. The van der Waals surface area contributed by atoms with Crippen LogP contribution in [0.4, 0.5) is 17.6 Å². The topological polar surface area (TPSA) is 57.2 Å². The molecule has 3 aromatic carbocycles. The summed E-state index contributed by atoms with van der Waals surface area (Å²) in [5, 5.41) is 3.26. The molecule has 0 amide bonds. The maximum atomic E-state index is 14.4. The lowest BCUT2D eigenvalue weighted by molar-refractivity contribution is -0.0517. The Kier molecular flexibility index (Phi) is 7.52. The third-order valence-electron chi connectivity index (χ3n) is 4.05. The molecule has 29 heavy (non-hydrogen) atoms. The highest BCUT2D eigenvalue weighted by Gasteiger charge is 2.45. The minimum absolute atomic E-state index is 0.356. The zero-order valence-corrected chi connectivity index (χ0v) is 16.7. The van der Waals surface area contributed by atoms with E-state index in [0.717, 1.165) is 15.9 Å². The zero-order chi connectivity index (χ0) is 21.5. The summed E-state index contributed by atoms with van der Waals surface area (Å²) in [6.07, 6.45) is -0.356. The van der Waals surface area contributed by atoms with Gasteiger partial charge < -0.3 is 4.55 Å². The van der Waals surface area contributed by atoms with Gasteiger partial charge in [-0.25, -0.2) is 12.8 Å². The molecule has 0 aliphatic carbocycles. The second-order valence-corrected chi connectivity index (χ2v) is 10.6. The minimum Gasteiger partial charge on any atom is -0.741 e. The highest BCUT2D eigenvalue weighted by Crippen LogP contribution is 2.55. The highest BCUT2D eigenvalue weighted by atomic mass is 32.2. The first kappa shape index (κ1) is 23.0. The van der Waals surface area contributed by atoms with Crippen LogP contribution in [-0.2, 0) is 10.1 Å². The Morgan fingerprint density at radius 2 is 0.931 bits per heavy atom. The van der Waals surface area contributed by atoms with Crippen molar-refractivity contribution in [2.45, 2.75) is 5.51 Å². The van der Waals surface area contributed by atoms with Gasteiger partial charge in [-0.05, 0) is 36.4 Å². The van der Waals surface area contributed by atoms with E-state index in [1.807, 2.05) is 91.0 Å². The van der Waals surface area contributed by atoms with E-state index in [2.05, 4.69) is 0 Å². The Bertz CT molecular complexity index is 899. The molecule has 0 unspecified atom stereocenters. The van der Waals surface area contributed by atoms with Crippen molar-refractivity contribution in [3.8, 4) is 0 Å². The molecule has 0 saturated heterocycles. The lowest BCUT2D eigenvalue weighted by atomic mass is 10.4. The van der Waals surface area contributed by atoms with Crippen molar-refractivity contribution in [3.63, 3.8) is 0 Å². The summed E-state index contributed by atoms with van der Waals surface area (Å²) < 4.78 is 73.3. The number of benzene rings is 3. The van der Waals surface area contributed by atoms with E-state index in [4.69, 9.17) is 13.0 Å². The fourth-order valence-electron chi connectivity index (χ4n) is 2.70. The Morgan fingerprint density at radius 3 is 1.10 bits per heavy atom. The van der Waals surface area contributed by atoms with Crippen molar-refractivity contribution in [2.75, 3.05) is 6.42 Å². The Labute approximate surface area is 167 Å². The van der Waals surface area contributed by atoms with Crippen LogP contribution in [0.5, 0.6) is 0 Å². The van der Waals surface area contributed by atoms with E-state index in [0.29, 0.717) is 0 Å². The first-order chi connectivity index (χ1) is 13.6. The molecule has 0 aliphatic rings. The first-order valence-corrected chi connectivity index (χ1v) is 11.6. The van der Waals surface area contributed by atoms with Crippen LogP contribution in [-0.4, -0.2) is 24.9 Å². The number of alkyl halides is 4. The smallest absolute Gasteiger partial charge is 0.485 e. The fourth-order valence-corrected chi connectivity index (χ4v) is 6.05. The van der Waals surface area contributed by atoms with E-state index >= 15 is 0 Å². The molecule has 0 atom stereocenters. The van der Waals surface area contributed by atoms with Gasteiger partial charge in [-0.15, -0.1) is 0 Å². The second-order valence-electron chi connectivity index (χ2n) is 5.84. The number of hydrogen-bond donors (Lipinski definition) is 0. The molecular formula is C20H17F4O3PS. The molecule has 9 heteroatoms. The maximum absolute atomic E-state index is 14.4. The molecule has 0 bridgehead atoms. The molecule has 0 saturated carbocycles. The van der Waals surface area contributed by atoms with Crippen LogP contribution in [0.25, 0.3) is 0 Å². The van der Waals surface area contributed by atoms with Crippen LogP contribution in [0.2, 0.25) is 0 Å². The van der Waals surface area contributed by atoms with Crippen LogP contribution < -0.4 is 15.9 Å². The molecule has 0 heterocycles. The molecule has 0 spiro atoms. The summed E-state index contributed by atoms with van der Waals surface area (Å²) in [4.78, 5) is 0. The van der Waals surface area contributed by atoms with Gasteiger partial charge in [0.1, 0.15) is 23.2 Å². The van der Waals surface area contributed by atoms with E-state index in [1.165, 1.54) is 0 Å². The van der Waals surface area contributed by atoms with Gasteiger partial charge in [0.25, 0.3) is 0 Å². The molecule has 0 radical (unpaired) electrons. The van der Waals surface area contributed by atoms with Crippen molar-refractivity contribution in [2.24, 2.45) is 0 Å². The predicted molar refractivity (Wildman–Crippen MR) is 107 cm³/mol. The highest BCUT2D eigenvalue weighted by molar-refractivity contribution is 7.95.